The lowest BCUT2D eigenvalue weighted by molar-refractivity contribution is 0.0951. The van der Waals surface area contributed by atoms with Gasteiger partial charge in [-0.2, -0.15) is 0 Å². The summed E-state index contributed by atoms with van der Waals surface area (Å²) in [5.74, 6) is 0.611. The third kappa shape index (κ3) is 3.00. The molecule has 2 rings (SSSR count). The zero-order chi connectivity index (χ0) is 13.8. The molecule has 0 unspecified atom stereocenters. The Hall–Kier alpha value is -2.14. The Labute approximate surface area is 111 Å². The van der Waals surface area contributed by atoms with Gasteiger partial charge in [0.05, 0.1) is 5.69 Å². The summed E-state index contributed by atoms with van der Waals surface area (Å²) in [4.78, 5) is 12.0. The topological polar surface area (TPSA) is 81.2 Å². The van der Waals surface area contributed by atoms with Crippen molar-refractivity contribution < 1.29 is 9.32 Å². The number of aryl methyl sites for hydroxylation is 2. The van der Waals surface area contributed by atoms with Crippen LogP contribution in [0.5, 0.6) is 0 Å². The maximum absolute atomic E-state index is 12.0. The standard InChI is InChI=1S/C14H17N3O2/c1-9-13(10(2)19-17-9)8-16-14(18)12-5-3-11(7-15)4-6-12/h3-6H,7-8,15H2,1-2H3,(H,16,18). The fourth-order valence-corrected chi connectivity index (χ4v) is 1.82. The lowest BCUT2D eigenvalue weighted by Gasteiger charge is -2.05. The van der Waals surface area contributed by atoms with Crippen LogP contribution in [0, 0.1) is 13.8 Å². The molecule has 1 aromatic carbocycles. The molecule has 2 aromatic rings. The lowest BCUT2D eigenvalue weighted by atomic mass is 10.1. The van der Waals surface area contributed by atoms with Gasteiger partial charge in [0, 0.05) is 24.2 Å². The first-order valence-electron chi connectivity index (χ1n) is 6.10. The van der Waals surface area contributed by atoms with Gasteiger partial charge in [0.1, 0.15) is 5.76 Å². The first-order chi connectivity index (χ1) is 9.11. The van der Waals surface area contributed by atoms with Crippen LogP contribution in [0.25, 0.3) is 0 Å². The Balaban J connectivity index is 2.01. The molecule has 3 N–H and O–H groups in total. The van der Waals surface area contributed by atoms with E-state index < -0.39 is 0 Å². The zero-order valence-corrected chi connectivity index (χ0v) is 11.1. The highest BCUT2D eigenvalue weighted by molar-refractivity contribution is 5.94. The number of nitrogens with two attached hydrogens (primary N) is 1. The highest BCUT2D eigenvalue weighted by Gasteiger charge is 2.11. The molecule has 0 saturated carbocycles. The van der Waals surface area contributed by atoms with E-state index in [0.717, 1.165) is 22.6 Å². The number of nitrogens with zero attached hydrogens (tertiary/aromatic N) is 1. The first kappa shape index (κ1) is 13.3. The highest BCUT2D eigenvalue weighted by atomic mass is 16.5. The minimum absolute atomic E-state index is 0.122. The molecule has 0 aliphatic rings. The van der Waals surface area contributed by atoms with Crippen molar-refractivity contribution in [2.75, 3.05) is 0 Å². The molecule has 0 saturated heterocycles. The third-order valence-electron chi connectivity index (χ3n) is 3.06. The summed E-state index contributed by atoms with van der Waals surface area (Å²) in [7, 11) is 0. The number of amides is 1. The normalized spacial score (nSPS) is 10.5. The summed E-state index contributed by atoms with van der Waals surface area (Å²) in [5.41, 5.74) is 8.86. The van der Waals surface area contributed by atoms with Crippen LogP contribution in [-0.2, 0) is 13.1 Å². The Kier molecular flexibility index (Phi) is 3.97. The second-order valence-electron chi connectivity index (χ2n) is 4.39. The number of aromatic nitrogens is 1. The van der Waals surface area contributed by atoms with Crippen molar-refractivity contribution in [1.29, 1.82) is 0 Å². The number of carbonyl (C=O) groups is 1. The number of hydrogen-bond donors (Lipinski definition) is 2. The molecule has 0 fully saturated rings. The van der Waals surface area contributed by atoms with Crippen molar-refractivity contribution in [2.24, 2.45) is 5.73 Å². The van der Waals surface area contributed by atoms with E-state index in [-0.39, 0.29) is 5.91 Å². The van der Waals surface area contributed by atoms with Crippen molar-refractivity contribution in [3.05, 3.63) is 52.4 Å². The van der Waals surface area contributed by atoms with Crippen molar-refractivity contribution >= 4 is 5.91 Å². The number of hydrogen-bond acceptors (Lipinski definition) is 4. The number of nitrogens with one attached hydrogen (secondary N) is 1. The molecule has 1 aromatic heterocycles. The molecule has 5 heteroatoms. The van der Waals surface area contributed by atoms with Gasteiger partial charge in [-0.3, -0.25) is 4.79 Å². The summed E-state index contributed by atoms with van der Waals surface area (Å²) >= 11 is 0. The molecular weight excluding hydrogens is 242 g/mol. The van der Waals surface area contributed by atoms with E-state index in [2.05, 4.69) is 10.5 Å². The molecule has 1 heterocycles. The van der Waals surface area contributed by atoms with Crippen LogP contribution in [0.1, 0.15) is 32.9 Å². The summed E-state index contributed by atoms with van der Waals surface area (Å²) in [6.07, 6.45) is 0. The highest BCUT2D eigenvalue weighted by Crippen LogP contribution is 2.12. The van der Waals surface area contributed by atoms with Crippen LogP contribution in [-0.4, -0.2) is 11.1 Å². The maximum atomic E-state index is 12.0. The Morgan fingerprint density at radius 2 is 2.00 bits per heavy atom. The van der Waals surface area contributed by atoms with Gasteiger partial charge in [0.15, 0.2) is 0 Å². The molecule has 0 spiro atoms. The van der Waals surface area contributed by atoms with Crippen molar-refractivity contribution in [3.63, 3.8) is 0 Å². The van der Waals surface area contributed by atoms with Gasteiger partial charge in [0.2, 0.25) is 0 Å². The summed E-state index contributed by atoms with van der Waals surface area (Å²) in [6.45, 7) is 4.57. The Morgan fingerprint density at radius 3 is 2.53 bits per heavy atom. The number of benzene rings is 1. The molecule has 0 bridgehead atoms. The SMILES string of the molecule is Cc1noc(C)c1CNC(=O)c1ccc(CN)cc1. The van der Waals surface area contributed by atoms with Gasteiger partial charge in [-0.05, 0) is 31.5 Å². The van der Waals surface area contributed by atoms with Crippen LogP contribution in [0.4, 0.5) is 0 Å². The van der Waals surface area contributed by atoms with Gasteiger partial charge in [-0.15, -0.1) is 0 Å². The fourth-order valence-electron chi connectivity index (χ4n) is 1.82. The van der Waals surface area contributed by atoms with Crippen molar-refractivity contribution in [1.82, 2.24) is 10.5 Å². The molecule has 5 nitrogen and oxygen atoms in total. The molecule has 19 heavy (non-hydrogen) atoms. The largest absolute Gasteiger partial charge is 0.361 e. The van der Waals surface area contributed by atoms with Gasteiger partial charge >= 0.3 is 0 Å². The smallest absolute Gasteiger partial charge is 0.251 e. The Bertz CT molecular complexity index is 553. The summed E-state index contributed by atoms with van der Waals surface area (Å²) in [6, 6.07) is 7.24. The second-order valence-corrected chi connectivity index (χ2v) is 4.39. The van der Waals surface area contributed by atoms with Crippen LogP contribution >= 0.6 is 0 Å². The number of rotatable bonds is 4. The average Bonchev–Trinajstić information content (AvgIpc) is 2.75. The van der Waals surface area contributed by atoms with E-state index in [1.54, 1.807) is 12.1 Å². The minimum atomic E-state index is -0.122. The maximum Gasteiger partial charge on any atom is 0.251 e. The fraction of sp³-hybridized carbons (Fsp3) is 0.286. The van der Waals surface area contributed by atoms with Gasteiger partial charge < -0.3 is 15.6 Å². The lowest BCUT2D eigenvalue weighted by Crippen LogP contribution is -2.23. The molecule has 100 valence electrons. The van der Waals surface area contributed by atoms with E-state index in [1.165, 1.54) is 0 Å². The van der Waals surface area contributed by atoms with E-state index in [9.17, 15) is 4.79 Å². The van der Waals surface area contributed by atoms with Crippen molar-refractivity contribution in [2.45, 2.75) is 26.9 Å². The monoisotopic (exact) mass is 259 g/mol. The van der Waals surface area contributed by atoms with E-state index >= 15 is 0 Å². The summed E-state index contributed by atoms with van der Waals surface area (Å²) in [5, 5.41) is 6.70. The zero-order valence-electron chi connectivity index (χ0n) is 11.1. The first-order valence-corrected chi connectivity index (χ1v) is 6.10. The number of carbonyl (C=O) groups excluding carboxylic acids is 1. The third-order valence-corrected chi connectivity index (χ3v) is 3.06. The molecular formula is C14H17N3O2. The van der Waals surface area contributed by atoms with Crippen LogP contribution < -0.4 is 11.1 Å². The average molecular weight is 259 g/mol. The second kappa shape index (κ2) is 5.67. The van der Waals surface area contributed by atoms with Crippen LogP contribution in [0.2, 0.25) is 0 Å². The minimum Gasteiger partial charge on any atom is -0.361 e. The quantitative estimate of drug-likeness (QED) is 0.875. The van der Waals surface area contributed by atoms with E-state index in [0.29, 0.717) is 18.7 Å². The van der Waals surface area contributed by atoms with E-state index in [4.69, 9.17) is 10.3 Å². The predicted octanol–water partition coefficient (Wildman–Crippen LogP) is 1.68. The molecule has 0 atom stereocenters. The van der Waals surface area contributed by atoms with E-state index in [1.807, 2.05) is 26.0 Å². The van der Waals surface area contributed by atoms with Crippen LogP contribution in [0.15, 0.2) is 28.8 Å². The Morgan fingerprint density at radius 1 is 1.32 bits per heavy atom. The van der Waals surface area contributed by atoms with Crippen molar-refractivity contribution in [3.8, 4) is 0 Å². The summed E-state index contributed by atoms with van der Waals surface area (Å²) < 4.78 is 5.05. The molecule has 1 amide bonds. The molecule has 0 radical (unpaired) electrons. The van der Waals surface area contributed by atoms with Gasteiger partial charge in [-0.25, -0.2) is 0 Å². The molecule has 0 aliphatic carbocycles. The predicted molar refractivity (Wildman–Crippen MR) is 71.5 cm³/mol. The molecule has 0 aliphatic heterocycles. The van der Waals surface area contributed by atoms with Crippen LogP contribution in [0.3, 0.4) is 0 Å². The van der Waals surface area contributed by atoms with Gasteiger partial charge in [0.25, 0.3) is 5.91 Å². The van der Waals surface area contributed by atoms with Gasteiger partial charge in [-0.1, -0.05) is 17.3 Å².